The van der Waals surface area contributed by atoms with Gasteiger partial charge in [-0.2, -0.15) is 0 Å². The highest BCUT2D eigenvalue weighted by molar-refractivity contribution is 5.98. The van der Waals surface area contributed by atoms with Gasteiger partial charge in [0.1, 0.15) is 0 Å². The van der Waals surface area contributed by atoms with Crippen LogP contribution < -0.4 is 4.90 Å². The van der Waals surface area contributed by atoms with E-state index in [-0.39, 0.29) is 0 Å². The zero-order chi connectivity index (χ0) is 41.3. The van der Waals surface area contributed by atoms with Gasteiger partial charge in [0.25, 0.3) is 0 Å². The van der Waals surface area contributed by atoms with Crippen molar-refractivity contribution < 1.29 is 0 Å². The van der Waals surface area contributed by atoms with Crippen molar-refractivity contribution in [2.75, 3.05) is 4.90 Å². The van der Waals surface area contributed by atoms with Gasteiger partial charge in [-0.3, -0.25) is 0 Å². The third-order valence-corrected chi connectivity index (χ3v) is 14.7. The van der Waals surface area contributed by atoms with Gasteiger partial charge < -0.3 is 4.90 Å². The van der Waals surface area contributed by atoms with E-state index in [1.165, 1.54) is 100 Å². The fraction of sp³-hybridized carbons (Fsp3) is 0.0323. The Morgan fingerprint density at radius 3 is 0.825 bits per heavy atom. The predicted octanol–water partition coefficient (Wildman–Crippen LogP) is 15.5. The predicted molar refractivity (Wildman–Crippen MR) is 259 cm³/mol. The quantitative estimate of drug-likeness (QED) is 0.171. The summed E-state index contributed by atoms with van der Waals surface area (Å²) in [4.78, 5) is 2.50. The van der Waals surface area contributed by atoms with Crippen LogP contribution >= 0.6 is 0 Å². The van der Waals surface area contributed by atoms with Gasteiger partial charge in [0.2, 0.25) is 0 Å². The van der Waals surface area contributed by atoms with E-state index >= 15 is 0 Å². The minimum Gasteiger partial charge on any atom is -0.310 e. The van der Waals surface area contributed by atoms with Crippen molar-refractivity contribution in [2.24, 2.45) is 0 Å². The van der Waals surface area contributed by atoms with Crippen molar-refractivity contribution in [3.8, 4) is 55.6 Å². The van der Waals surface area contributed by atoms with Crippen LogP contribution in [0.4, 0.5) is 17.1 Å². The Labute approximate surface area is 367 Å². The largest absolute Gasteiger partial charge is 0.310 e. The number of hydrogen-bond donors (Lipinski definition) is 0. The third kappa shape index (κ3) is 4.41. The van der Waals surface area contributed by atoms with Gasteiger partial charge in [0.15, 0.2) is 0 Å². The van der Waals surface area contributed by atoms with Gasteiger partial charge in [-0.05, 0) is 137 Å². The molecule has 2 spiro atoms. The van der Waals surface area contributed by atoms with Crippen LogP contribution in [0.2, 0.25) is 0 Å². The molecule has 0 fully saturated rings. The molecule has 0 aliphatic heterocycles. The van der Waals surface area contributed by atoms with Crippen LogP contribution in [0.3, 0.4) is 0 Å². The monoisotopic (exact) mass is 797 g/mol. The minimum absolute atomic E-state index is 0.446. The van der Waals surface area contributed by atoms with Gasteiger partial charge in [0.05, 0.1) is 10.8 Å². The van der Waals surface area contributed by atoms with Crippen LogP contribution in [0.1, 0.15) is 44.5 Å². The first kappa shape index (κ1) is 34.7. The smallest absolute Gasteiger partial charge is 0.0726 e. The van der Waals surface area contributed by atoms with Gasteiger partial charge in [-0.25, -0.2) is 0 Å². The van der Waals surface area contributed by atoms with Crippen LogP contribution in [0.5, 0.6) is 0 Å². The van der Waals surface area contributed by atoms with E-state index in [1.54, 1.807) is 0 Å². The van der Waals surface area contributed by atoms with E-state index in [0.29, 0.717) is 0 Å². The van der Waals surface area contributed by atoms with E-state index in [2.05, 4.69) is 241 Å². The lowest BCUT2D eigenvalue weighted by Gasteiger charge is -2.33. The van der Waals surface area contributed by atoms with E-state index in [1.807, 2.05) is 0 Å². The topological polar surface area (TPSA) is 3.24 Å². The van der Waals surface area contributed by atoms with Crippen LogP contribution in [-0.4, -0.2) is 0 Å². The second-order valence-electron chi connectivity index (χ2n) is 17.5. The highest BCUT2D eigenvalue weighted by Gasteiger charge is 2.53. The molecule has 0 aromatic heterocycles. The molecule has 0 bridgehead atoms. The molecule has 0 N–H and O–H groups in total. The second-order valence-corrected chi connectivity index (χ2v) is 17.5. The van der Waals surface area contributed by atoms with Crippen molar-refractivity contribution in [3.05, 3.63) is 281 Å². The lowest BCUT2D eigenvalue weighted by molar-refractivity contribution is 0.792. The molecule has 14 rings (SSSR count). The molecule has 10 aromatic rings. The fourth-order valence-electron chi connectivity index (χ4n) is 12.3. The van der Waals surface area contributed by atoms with E-state index < -0.39 is 10.8 Å². The molecule has 0 radical (unpaired) electrons. The maximum absolute atomic E-state index is 2.51. The Morgan fingerprint density at radius 2 is 0.476 bits per heavy atom. The van der Waals surface area contributed by atoms with E-state index in [4.69, 9.17) is 0 Å². The van der Waals surface area contributed by atoms with E-state index in [0.717, 1.165) is 17.1 Å². The number of anilines is 3. The molecular weight excluding hydrogens is 759 g/mol. The zero-order valence-corrected chi connectivity index (χ0v) is 34.5. The number of fused-ring (bicyclic) bond motifs is 20. The summed E-state index contributed by atoms with van der Waals surface area (Å²) in [7, 11) is 0. The molecular formula is C62H39N. The lowest BCUT2D eigenvalue weighted by Crippen LogP contribution is -2.26. The standard InChI is InChI=1S/C62H39N/c1-2-16-40(17-3-1)41-30-32-42(33-31-41)63(43-34-36-51-49-22-8-14-28-57(49)61(59(51)38-43)53-24-10-4-18-45(53)46-19-5-11-25-54(46)61)44-35-37-52-50-23-9-15-29-58(50)62(60(52)39-44)55-26-12-6-20-47(55)48-21-7-13-27-56(48)62/h1-39H. The summed E-state index contributed by atoms with van der Waals surface area (Å²) in [6.45, 7) is 0. The molecule has 1 nitrogen and oxygen atoms in total. The Bertz CT molecular complexity index is 3200. The maximum Gasteiger partial charge on any atom is 0.0726 e. The van der Waals surface area contributed by atoms with Gasteiger partial charge in [-0.1, -0.05) is 200 Å². The summed E-state index contributed by atoms with van der Waals surface area (Å²) in [5.74, 6) is 0. The number of hydrogen-bond acceptors (Lipinski definition) is 1. The molecule has 0 amide bonds. The first-order chi connectivity index (χ1) is 31.3. The van der Waals surface area contributed by atoms with Crippen molar-refractivity contribution >= 4 is 17.1 Å². The summed E-state index contributed by atoms with van der Waals surface area (Å²) in [6.07, 6.45) is 0. The molecule has 4 aliphatic rings. The molecule has 4 aliphatic carbocycles. The Balaban J connectivity index is 1.03. The Kier molecular flexibility index (Phi) is 7.03. The Morgan fingerprint density at radius 1 is 0.206 bits per heavy atom. The highest BCUT2D eigenvalue weighted by Crippen LogP contribution is 2.65. The highest BCUT2D eigenvalue weighted by atomic mass is 15.1. The van der Waals surface area contributed by atoms with Crippen molar-refractivity contribution in [1.82, 2.24) is 0 Å². The molecule has 0 saturated heterocycles. The zero-order valence-electron chi connectivity index (χ0n) is 34.5. The first-order valence-electron chi connectivity index (χ1n) is 22.1. The van der Waals surface area contributed by atoms with Crippen molar-refractivity contribution in [2.45, 2.75) is 10.8 Å². The van der Waals surface area contributed by atoms with Crippen LogP contribution in [-0.2, 0) is 10.8 Å². The number of benzene rings is 10. The fourth-order valence-corrected chi connectivity index (χ4v) is 12.3. The molecule has 1 heteroatoms. The summed E-state index contributed by atoms with van der Waals surface area (Å²) >= 11 is 0. The normalized spacial score (nSPS) is 14.3. The molecule has 0 saturated carbocycles. The van der Waals surface area contributed by atoms with Crippen LogP contribution in [0, 0.1) is 0 Å². The molecule has 0 heterocycles. The molecule has 0 atom stereocenters. The van der Waals surface area contributed by atoms with E-state index in [9.17, 15) is 0 Å². The molecule has 10 aromatic carbocycles. The molecule has 292 valence electrons. The molecule has 0 unspecified atom stereocenters. The Hall–Kier alpha value is -8.00. The lowest BCUT2D eigenvalue weighted by atomic mass is 9.70. The third-order valence-electron chi connectivity index (χ3n) is 14.7. The summed E-state index contributed by atoms with van der Waals surface area (Å²) in [5, 5.41) is 0. The number of nitrogens with zero attached hydrogens (tertiary/aromatic N) is 1. The minimum atomic E-state index is -0.446. The number of rotatable bonds is 4. The first-order valence-corrected chi connectivity index (χ1v) is 22.1. The van der Waals surface area contributed by atoms with Crippen molar-refractivity contribution in [1.29, 1.82) is 0 Å². The maximum atomic E-state index is 2.51. The van der Waals surface area contributed by atoms with Crippen molar-refractivity contribution in [3.63, 3.8) is 0 Å². The summed E-state index contributed by atoms with van der Waals surface area (Å²) < 4.78 is 0. The van der Waals surface area contributed by atoms with Crippen LogP contribution in [0.25, 0.3) is 55.6 Å². The second kappa shape index (κ2) is 12.8. The van der Waals surface area contributed by atoms with Crippen LogP contribution in [0.15, 0.2) is 237 Å². The average molecular weight is 798 g/mol. The molecule has 63 heavy (non-hydrogen) atoms. The SMILES string of the molecule is c1ccc(-c2ccc(N(c3ccc4c(c3)C3(c5ccccc5-c5ccccc53)c3ccccc3-4)c3ccc4c(c3)C3(c5ccccc5-c5ccccc53)c3ccccc3-4)cc2)cc1. The van der Waals surface area contributed by atoms with Gasteiger partial charge >= 0.3 is 0 Å². The van der Waals surface area contributed by atoms with Gasteiger partial charge in [-0.15, -0.1) is 0 Å². The summed E-state index contributed by atoms with van der Waals surface area (Å²) in [6, 6.07) is 88.9. The van der Waals surface area contributed by atoms with Gasteiger partial charge in [0, 0.05) is 17.1 Å². The summed E-state index contributed by atoms with van der Waals surface area (Å²) in [5.41, 5.74) is 26.1. The average Bonchev–Trinajstić information content (AvgIpc) is 4.03.